The van der Waals surface area contributed by atoms with Crippen molar-refractivity contribution in [1.29, 1.82) is 0 Å². The van der Waals surface area contributed by atoms with Crippen LogP contribution in [-0.2, 0) is 0 Å². The first-order valence-corrected chi connectivity index (χ1v) is 14.5. The second kappa shape index (κ2) is 10.6. The highest BCUT2D eigenvalue weighted by atomic mass is 32.2. The van der Waals surface area contributed by atoms with Crippen molar-refractivity contribution in [1.82, 2.24) is 14.2 Å². The van der Waals surface area contributed by atoms with Crippen LogP contribution >= 0.6 is 35.1 Å². The molecule has 3 heterocycles. The maximum Gasteiger partial charge on any atom is 0.258 e. The maximum atomic E-state index is 13.2. The van der Waals surface area contributed by atoms with E-state index in [4.69, 9.17) is 0 Å². The number of benzene rings is 1. The Morgan fingerprint density at radius 1 is 0.875 bits per heavy atom. The summed E-state index contributed by atoms with van der Waals surface area (Å²) in [6.07, 6.45) is 8.25. The topological polar surface area (TPSA) is 53.5 Å². The molecule has 2 aliphatic rings. The molecule has 5 nitrogen and oxygen atoms in total. The first kappa shape index (κ1) is 23.6. The van der Waals surface area contributed by atoms with Gasteiger partial charge < -0.3 is 9.80 Å². The highest BCUT2D eigenvalue weighted by Crippen LogP contribution is 2.36. The highest BCUT2D eigenvalue weighted by Gasteiger charge is 2.33. The minimum Gasteiger partial charge on any atom is -0.339 e. The lowest BCUT2D eigenvalue weighted by molar-refractivity contribution is 0.0534. The van der Waals surface area contributed by atoms with E-state index in [1.54, 1.807) is 23.5 Å². The van der Waals surface area contributed by atoms with E-state index in [1.807, 2.05) is 53.5 Å². The monoisotopic (exact) mass is 489 g/mol. The Hall–Kier alpha value is -1.51. The quantitative estimate of drug-likeness (QED) is 0.534. The van der Waals surface area contributed by atoms with Crippen LogP contribution in [0, 0.1) is 18.8 Å². The van der Waals surface area contributed by atoms with Crippen LogP contribution in [0.5, 0.6) is 0 Å². The van der Waals surface area contributed by atoms with Gasteiger partial charge in [0.25, 0.3) is 11.8 Å². The van der Waals surface area contributed by atoms with Crippen molar-refractivity contribution in [3.05, 3.63) is 41.0 Å². The number of amides is 2. The number of hydrogen-bond acceptors (Lipinski definition) is 6. The average molecular weight is 490 g/mol. The number of likely N-dealkylation sites (tertiary alicyclic amines) is 2. The summed E-state index contributed by atoms with van der Waals surface area (Å²) in [4.78, 5) is 30.0. The molecule has 0 atom stereocenters. The van der Waals surface area contributed by atoms with E-state index in [2.05, 4.69) is 4.37 Å². The molecule has 0 N–H and O–H groups in total. The zero-order valence-corrected chi connectivity index (χ0v) is 21.5. The van der Waals surface area contributed by atoms with Gasteiger partial charge in [-0.3, -0.25) is 9.59 Å². The predicted octanol–water partition coefficient (Wildman–Crippen LogP) is 5.30. The van der Waals surface area contributed by atoms with Gasteiger partial charge >= 0.3 is 0 Å². The Labute approximate surface area is 203 Å². The summed E-state index contributed by atoms with van der Waals surface area (Å²) in [7, 11) is 0. The molecular weight excluding hydrogens is 458 g/mol. The number of rotatable bonds is 5. The number of carbonyl (C=O) groups is 2. The summed E-state index contributed by atoms with van der Waals surface area (Å²) in [5, 5.41) is 0.858. The fourth-order valence-electron chi connectivity index (χ4n) is 4.90. The summed E-state index contributed by atoms with van der Waals surface area (Å²) >= 11 is 4.60. The molecule has 0 radical (unpaired) electrons. The molecule has 0 saturated carbocycles. The number of piperidine rings is 2. The van der Waals surface area contributed by atoms with E-state index in [1.165, 1.54) is 17.1 Å². The van der Waals surface area contributed by atoms with Gasteiger partial charge in [-0.05, 0) is 80.6 Å². The minimum atomic E-state index is 0.143. The molecule has 4 rings (SSSR count). The van der Waals surface area contributed by atoms with Crippen molar-refractivity contribution in [3.8, 4) is 0 Å². The third kappa shape index (κ3) is 5.02. The van der Waals surface area contributed by atoms with Crippen molar-refractivity contribution >= 4 is 46.9 Å². The van der Waals surface area contributed by atoms with Gasteiger partial charge in [-0.1, -0.05) is 17.7 Å². The number of carbonyl (C=O) groups excluding carboxylic acids is 2. The fraction of sp³-hybridized carbons (Fsp3) is 0.542. The Morgan fingerprint density at radius 3 is 1.91 bits per heavy atom. The standard InChI is InChI=1S/C24H31N3O2S3/c1-16-4-6-19(7-5-16)22(28)26-12-8-17(9-13-26)18-10-14-27(15-11-18)23(29)20-21(30-2)25-32-24(20)31-3/h4-7,17-18H,8-15H2,1-3H3. The van der Waals surface area contributed by atoms with E-state index in [0.29, 0.717) is 11.8 Å². The zero-order chi connectivity index (χ0) is 22.7. The van der Waals surface area contributed by atoms with Crippen molar-refractivity contribution < 1.29 is 9.59 Å². The predicted molar refractivity (Wildman–Crippen MR) is 134 cm³/mol. The van der Waals surface area contributed by atoms with Crippen LogP contribution in [0.3, 0.4) is 0 Å². The molecule has 8 heteroatoms. The van der Waals surface area contributed by atoms with E-state index in [0.717, 1.165) is 72.2 Å². The van der Waals surface area contributed by atoms with Crippen LogP contribution in [0.2, 0.25) is 0 Å². The van der Waals surface area contributed by atoms with Crippen LogP contribution in [0.4, 0.5) is 0 Å². The zero-order valence-electron chi connectivity index (χ0n) is 19.0. The Kier molecular flexibility index (Phi) is 7.84. The number of thioether (sulfide) groups is 2. The third-order valence-corrected chi connectivity index (χ3v) is 9.58. The minimum absolute atomic E-state index is 0.143. The molecule has 0 spiro atoms. The number of aryl methyl sites for hydroxylation is 1. The number of hydrogen-bond donors (Lipinski definition) is 0. The van der Waals surface area contributed by atoms with Gasteiger partial charge in [0.1, 0.15) is 5.03 Å². The molecule has 1 aromatic heterocycles. The van der Waals surface area contributed by atoms with Crippen molar-refractivity contribution in [3.63, 3.8) is 0 Å². The van der Waals surface area contributed by atoms with Crippen LogP contribution in [-0.4, -0.2) is 64.7 Å². The van der Waals surface area contributed by atoms with Gasteiger partial charge in [-0.2, -0.15) is 4.37 Å². The van der Waals surface area contributed by atoms with Gasteiger partial charge in [-0.25, -0.2) is 0 Å². The van der Waals surface area contributed by atoms with Gasteiger partial charge in [0.2, 0.25) is 0 Å². The summed E-state index contributed by atoms with van der Waals surface area (Å²) in [5.74, 6) is 1.60. The van der Waals surface area contributed by atoms with E-state index in [9.17, 15) is 9.59 Å². The molecule has 2 aromatic rings. The van der Waals surface area contributed by atoms with Crippen molar-refractivity contribution in [2.75, 3.05) is 38.7 Å². The van der Waals surface area contributed by atoms with Crippen LogP contribution in [0.1, 0.15) is 52.0 Å². The smallest absolute Gasteiger partial charge is 0.258 e. The highest BCUT2D eigenvalue weighted by molar-refractivity contribution is 8.01. The summed E-state index contributed by atoms with van der Waals surface area (Å²) in [6, 6.07) is 7.88. The summed E-state index contributed by atoms with van der Waals surface area (Å²) < 4.78 is 5.48. The lowest BCUT2D eigenvalue weighted by atomic mass is 9.78. The molecule has 2 saturated heterocycles. The van der Waals surface area contributed by atoms with Gasteiger partial charge in [-0.15, -0.1) is 23.5 Å². The Morgan fingerprint density at radius 2 is 1.41 bits per heavy atom. The molecule has 0 aliphatic carbocycles. The van der Waals surface area contributed by atoms with Crippen molar-refractivity contribution in [2.24, 2.45) is 11.8 Å². The molecule has 2 aliphatic heterocycles. The third-order valence-electron chi connectivity index (χ3n) is 6.84. The van der Waals surface area contributed by atoms with Crippen LogP contribution in [0.15, 0.2) is 33.5 Å². The SMILES string of the molecule is CSc1nsc(SC)c1C(=O)N1CCC(C2CCN(C(=O)c3ccc(C)cc3)CC2)CC1. The molecule has 0 bridgehead atoms. The van der Waals surface area contributed by atoms with Gasteiger partial charge in [0, 0.05) is 31.7 Å². The molecule has 172 valence electrons. The molecule has 1 aromatic carbocycles. The normalized spacial score (nSPS) is 18.2. The van der Waals surface area contributed by atoms with Gasteiger partial charge in [0.05, 0.1) is 9.77 Å². The van der Waals surface area contributed by atoms with Gasteiger partial charge in [0.15, 0.2) is 0 Å². The molecular formula is C24H31N3O2S3. The van der Waals surface area contributed by atoms with Crippen LogP contribution < -0.4 is 0 Å². The number of aromatic nitrogens is 1. The molecule has 32 heavy (non-hydrogen) atoms. The fourth-order valence-corrected chi connectivity index (χ4v) is 7.17. The Balaban J connectivity index is 1.29. The van der Waals surface area contributed by atoms with Crippen LogP contribution in [0.25, 0.3) is 0 Å². The first-order valence-electron chi connectivity index (χ1n) is 11.2. The summed E-state index contributed by atoms with van der Waals surface area (Å²) in [5.41, 5.74) is 2.77. The number of nitrogens with zero attached hydrogens (tertiary/aromatic N) is 3. The maximum absolute atomic E-state index is 13.2. The van der Waals surface area contributed by atoms with E-state index >= 15 is 0 Å². The lowest BCUT2D eigenvalue weighted by Crippen LogP contribution is -2.44. The molecule has 0 unspecified atom stereocenters. The van der Waals surface area contributed by atoms with E-state index in [-0.39, 0.29) is 11.8 Å². The molecule has 2 fully saturated rings. The molecule has 2 amide bonds. The Bertz CT molecular complexity index is 922. The van der Waals surface area contributed by atoms with E-state index < -0.39 is 0 Å². The lowest BCUT2D eigenvalue weighted by Gasteiger charge is -2.40. The average Bonchev–Trinajstić information content (AvgIpc) is 3.27. The van der Waals surface area contributed by atoms with Crippen molar-refractivity contribution in [2.45, 2.75) is 41.8 Å². The summed E-state index contributed by atoms with van der Waals surface area (Å²) in [6.45, 7) is 5.36. The largest absolute Gasteiger partial charge is 0.339 e. The first-order chi connectivity index (χ1) is 15.5. The second-order valence-corrected chi connectivity index (χ2v) is 11.3. The second-order valence-electron chi connectivity index (χ2n) is 8.68.